The van der Waals surface area contributed by atoms with Crippen LogP contribution in [-0.4, -0.2) is 20.3 Å². The molecule has 1 atom stereocenters. The zero-order chi connectivity index (χ0) is 22.5. The van der Waals surface area contributed by atoms with E-state index < -0.39 is 15.1 Å². The summed E-state index contributed by atoms with van der Waals surface area (Å²) in [6.07, 6.45) is 5.48. The maximum atomic E-state index is 13.1. The number of ether oxygens (including phenoxy) is 1. The summed E-state index contributed by atoms with van der Waals surface area (Å²) in [5.41, 5.74) is 1.09. The van der Waals surface area contributed by atoms with Crippen molar-refractivity contribution < 1.29 is 13.2 Å². The molecule has 0 fully saturated rings. The van der Waals surface area contributed by atoms with E-state index in [1.165, 1.54) is 12.8 Å². The van der Waals surface area contributed by atoms with Gasteiger partial charge in [-0.05, 0) is 61.1 Å². The van der Waals surface area contributed by atoms with E-state index in [0.29, 0.717) is 23.2 Å². The first-order valence-corrected chi connectivity index (χ1v) is 12.8. The first-order chi connectivity index (χ1) is 13.2. The zero-order valence-corrected chi connectivity index (χ0v) is 21.1. The molecule has 0 aliphatic rings. The van der Waals surface area contributed by atoms with Gasteiger partial charge in [0.15, 0.2) is 9.84 Å². The predicted octanol–water partition coefficient (Wildman–Crippen LogP) is 7.18. The van der Waals surface area contributed by atoms with Gasteiger partial charge in [-0.1, -0.05) is 73.8 Å². The third-order valence-corrected chi connectivity index (χ3v) is 7.82. The maximum Gasteiger partial charge on any atom is 0.184 e. The molecule has 1 aromatic rings. The smallest absolute Gasteiger partial charge is 0.184 e. The van der Waals surface area contributed by atoms with Crippen LogP contribution in [0.5, 0.6) is 5.75 Å². The summed E-state index contributed by atoms with van der Waals surface area (Å²) in [7, 11) is -3.43. The number of hydrogen-bond acceptors (Lipinski definition) is 3. The predicted molar refractivity (Wildman–Crippen MR) is 125 cm³/mol. The van der Waals surface area contributed by atoms with Crippen LogP contribution in [0.3, 0.4) is 0 Å². The van der Waals surface area contributed by atoms with Gasteiger partial charge in [0.1, 0.15) is 10.6 Å². The van der Waals surface area contributed by atoms with Gasteiger partial charge in [0, 0.05) is 0 Å². The largest absolute Gasteiger partial charge is 0.492 e. The minimum absolute atomic E-state index is 0.120. The van der Waals surface area contributed by atoms with Gasteiger partial charge in [-0.15, -0.1) is 0 Å². The van der Waals surface area contributed by atoms with Crippen LogP contribution >= 0.6 is 0 Å². The van der Waals surface area contributed by atoms with Crippen molar-refractivity contribution in [3.8, 4) is 5.75 Å². The number of sulfone groups is 1. The Bertz CT molecular complexity index is 740. The maximum absolute atomic E-state index is 13.1. The first kappa shape index (κ1) is 26.0. The van der Waals surface area contributed by atoms with Crippen LogP contribution in [0.15, 0.2) is 23.1 Å². The van der Waals surface area contributed by atoms with Crippen LogP contribution < -0.4 is 4.74 Å². The Morgan fingerprint density at radius 3 is 2.14 bits per heavy atom. The lowest BCUT2D eigenvalue weighted by molar-refractivity contribution is 0.228. The number of rotatable bonds is 11. The van der Waals surface area contributed by atoms with Crippen molar-refractivity contribution in [1.82, 2.24) is 0 Å². The molecule has 0 aromatic heterocycles. The van der Waals surface area contributed by atoms with E-state index in [1.54, 1.807) is 13.8 Å². The van der Waals surface area contributed by atoms with Gasteiger partial charge in [-0.25, -0.2) is 8.42 Å². The molecule has 4 heteroatoms. The molecule has 0 radical (unpaired) electrons. The molecule has 0 spiro atoms. The molecule has 0 amide bonds. The van der Waals surface area contributed by atoms with E-state index in [4.69, 9.17) is 4.74 Å². The highest BCUT2D eigenvalue weighted by Gasteiger charge is 2.31. The lowest BCUT2D eigenvalue weighted by atomic mass is 9.72. The lowest BCUT2D eigenvalue weighted by Crippen LogP contribution is -2.25. The van der Waals surface area contributed by atoms with Crippen molar-refractivity contribution in [2.75, 3.05) is 6.61 Å². The van der Waals surface area contributed by atoms with Crippen LogP contribution in [0.2, 0.25) is 0 Å². The summed E-state index contributed by atoms with van der Waals surface area (Å²) < 4.78 is 32.4. The molecule has 0 bridgehead atoms. The van der Waals surface area contributed by atoms with Crippen LogP contribution in [0.4, 0.5) is 0 Å². The van der Waals surface area contributed by atoms with Gasteiger partial charge in [-0.3, -0.25) is 0 Å². The second-order valence-electron chi connectivity index (χ2n) is 10.6. The molecule has 0 N–H and O–H groups in total. The molecular weight excluding hydrogens is 380 g/mol. The molecule has 0 saturated heterocycles. The van der Waals surface area contributed by atoms with Gasteiger partial charge in [0.25, 0.3) is 0 Å². The van der Waals surface area contributed by atoms with Crippen LogP contribution in [0.1, 0.15) is 100.0 Å². The Hall–Kier alpha value is -1.03. The van der Waals surface area contributed by atoms with Crippen molar-refractivity contribution >= 4 is 9.84 Å². The zero-order valence-electron chi connectivity index (χ0n) is 20.3. The quantitative estimate of drug-likeness (QED) is 0.378. The molecule has 0 aliphatic heterocycles. The fraction of sp³-hybridized carbons (Fsp3) is 0.760. The van der Waals surface area contributed by atoms with Gasteiger partial charge >= 0.3 is 0 Å². The molecule has 0 aliphatic carbocycles. The van der Waals surface area contributed by atoms with E-state index in [2.05, 4.69) is 48.5 Å². The molecule has 168 valence electrons. The van der Waals surface area contributed by atoms with E-state index in [0.717, 1.165) is 24.8 Å². The SMILES string of the molecule is CCCCC(CC)COc1ccc(C(C)(C)CC(C)(C)C)cc1S(=O)(=O)C(C)C. The molecule has 1 unspecified atom stereocenters. The van der Waals surface area contributed by atoms with Crippen molar-refractivity contribution in [3.05, 3.63) is 23.8 Å². The fourth-order valence-corrected chi connectivity index (χ4v) is 5.26. The Labute approximate surface area is 180 Å². The minimum atomic E-state index is -3.43. The Morgan fingerprint density at radius 1 is 1.03 bits per heavy atom. The van der Waals surface area contributed by atoms with E-state index >= 15 is 0 Å². The standard InChI is InChI=1S/C25H44O3S/c1-10-12-13-20(11-2)17-28-22-15-14-21(25(8,9)18-24(5,6)7)16-23(22)29(26,27)19(3)4/h14-16,19-20H,10-13,17-18H2,1-9H3. The van der Waals surface area contributed by atoms with E-state index in [-0.39, 0.29) is 10.8 Å². The van der Waals surface area contributed by atoms with Crippen molar-refractivity contribution in [2.24, 2.45) is 11.3 Å². The minimum Gasteiger partial charge on any atom is -0.492 e. The molecule has 1 aromatic carbocycles. The molecule has 3 nitrogen and oxygen atoms in total. The van der Waals surface area contributed by atoms with E-state index in [1.807, 2.05) is 18.2 Å². The van der Waals surface area contributed by atoms with Gasteiger partial charge < -0.3 is 4.74 Å². The topological polar surface area (TPSA) is 43.4 Å². The van der Waals surface area contributed by atoms with Gasteiger partial charge in [0.2, 0.25) is 0 Å². The number of hydrogen-bond donors (Lipinski definition) is 0. The number of unbranched alkanes of at least 4 members (excludes halogenated alkanes) is 1. The third kappa shape index (κ3) is 7.62. The normalized spacial score (nSPS) is 14.3. The van der Waals surface area contributed by atoms with Crippen LogP contribution in [0, 0.1) is 11.3 Å². The Balaban J connectivity index is 3.30. The van der Waals surface area contributed by atoms with Gasteiger partial charge in [0.05, 0.1) is 11.9 Å². The lowest BCUT2D eigenvalue weighted by Gasteiger charge is -2.33. The summed E-state index contributed by atoms with van der Waals surface area (Å²) in [5, 5.41) is -0.479. The molecule has 29 heavy (non-hydrogen) atoms. The molecule has 0 heterocycles. The second-order valence-corrected chi connectivity index (χ2v) is 13.1. The van der Waals surface area contributed by atoms with Gasteiger partial charge in [-0.2, -0.15) is 0 Å². The molecule has 1 rings (SSSR count). The Kier molecular flexibility index (Phi) is 9.26. The highest BCUT2D eigenvalue weighted by molar-refractivity contribution is 7.92. The highest BCUT2D eigenvalue weighted by Crippen LogP contribution is 2.39. The first-order valence-electron chi connectivity index (χ1n) is 11.3. The summed E-state index contributed by atoms with van der Waals surface area (Å²) >= 11 is 0. The summed E-state index contributed by atoms with van der Waals surface area (Å²) in [4.78, 5) is 0.345. The average Bonchev–Trinajstić information content (AvgIpc) is 2.59. The third-order valence-electron chi connectivity index (χ3n) is 5.64. The summed E-state index contributed by atoms with van der Waals surface area (Å²) in [6, 6.07) is 5.79. The second kappa shape index (κ2) is 10.3. The van der Waals surface area contributed by atoms with Crippen molar-refractivity contribution in [1.29, 1.82) is 0 Å². The Morgan fingerprint density at radius 2 is 1.66 bits per heavy atom. The summed E-state index contributed by atoms with van der Waals surface area (Å²) in [5.74, 6) is 0.963. The van der Waals surface area contributed by atoms with Crippen molar-refractivity contribution in [3.63, 3.8) is 0 Å². The number of benzene rings is 1. The monoisotopic (exact) mass is 424 g/mol. The van der Waals surface area contributed by atoms with E-state index in [9.17, 15) is 8.42 Å². The summed E-state index contributed by atoms with van der Waals surface area (Å²) in [6.45, 7) is 19.5. The van der Waals surface area contributed by atoms with Crippen molar-refractivity contribution in [2.45, 2.75) is 110 Å². The molecular formula is C25H44O3S. The average molecular weight is 425 g/mol. The molecule has 0 saturated carbocycles. The highest BCUT2D eigenvalue weighted by atomic mass is 32.2. The fourth-order valence-electron chi connectivity index (χ4n) is 4.06. The van der Waals surface area contributed by atoms with Crippen LogP contribution in [-0.2, 0) is 15.3 Å². The van der Waals surface area contributed by atoms with Crippen LogP contribution in [0.25, 0.3) is 0 Å².